The van der Waals surface area contributed by atoms with Gasteiger partial charge >= 0.3 is 5.97 Å². The number of ether oxygens (including phenoxy) is 1. The lowest BCUT2D eigenvalue weighted by Crippen LogP contribution is -2.29. The van der Waals surface area contributed by atoms with Crippen LogP contribution in [0.1, 0.15) is 29.3 Å². The summed E-state index contributed by atoms with van der Waals surface area (Å²) in [4.78, 5) is 34.5. The molecule has 28 heavy (non-hydrogen) atoms. The molecule has 0 radical (unpaired) electrons. The Bertz CT molecular complexity index is 872. The van der Waals surface area contributed by atoms with Crippen LogP contribution in [0.2, 0.25) is 5.02 Å². The summed E-state index contributed by atoms with van der Waals surface area (Å²) in [6.07, 6.45) is 0.751. The molecule has 0 aromatic heterocycles. The predicted octanol–water partition coefficient (Wildman–Crippen LogP) is 3.54. The van der Waals surface area contributed by atoms with E-state index in [-0.39, 0.29) is 11.3 Å². The number of carbonyl (C=O) groups excluding carboxylic acids is 2. The number of hydrogen-bond donors (Lipinski definition) is 2. The molecule has 0 aliphatic heterocycles. The average Bonchev–Trinajstić information content (AvgIpc) is 2.69. The Balaban J connectivity index is 2.16. The van der Waals surface area contributed by atoms with Crippen molar-refractivity contribution in [3.05, 3.63) is 68.7 Å². The van der Waals surface area contributed by atoms with Crippen molar-refractivity contribution < 1.29 is 19.2 Å². The maximum absolute atomic E-state index is 12.4. The van der Waals surface area contributed by atoms with Gasteiger partial charge in [0.1, 0.15) is 0 Å². The smallest absolute Gasteiger partial charge is 0.341 e. The van der Waals surface area contributed by atoms with Crippen LogP contribution < -0.4 is 10.6 Å². The van der Waals surface area contributed by atoms with Crippen LogP contribution in [0.5, 0.6) is 0 Å². The third-order valence-corrected chi connectivity index (χ3v) is 4.14. The molecule has 0 saturated heterocycles. The lowest BCUT2D eigenvalue weighted by atomic mass is 10.1. The van der Waals surface area contributed by atoms with E-state index in [1.54, 1.807) is 12.1 Å². The van der Waals surface area contributed by atoms with E-state index in [0.717, 1.165) is 18.1 Å². The summed E-state index contributed by atoms with van der Waals surface area (Å²) in [5.74, 6) is -1.27. The fourth-order valence-electron chi connectivity index (χ4n) is 2.33. The number of anilines is 1. The molecule has 2 aromatic rings. The topological polar surface area (TPSA) is 111 Å². The summed E-state index contributed by atoms with van der Waals surface area (Å²) < 4.78 is 5.00. The highest BCUT2D eigenvalue weighted by Crippen LogP contribution is 2.24. The monoisotopic (exact) mass is 405 g/mol. The number of esters is 1. The summed E-state index contributed by atoms with van der Waals surface area (Å²) in [7, 11) is 0. The summed E-state index contributed by atoms with van der Waals surface area (Å²) in [6.45, 7) is 2.20. The van der Waals surface area contributed by atoms with E-state index in [9.17, 15) is 19.7 Å². The molecule has 0 spiro atoms. The number of rotatable bonds is 9. The van der Waals surface area contributed by atoms with Crippen LogP contribution in [-0.4, -0.2) is 30.0 Å². The van der Waals surface area contributed by atoms with Crippen molar-refractivity contribution in [3.8, 4) is 0 Å². The van der Waals surface area contributed by atoms with Crippen LogP contribution in [0.3, 0.4) is 0 Å². The van der Waals surface area contributed by atoms with Crippen LogP contribution in [0.15, 0.2) is 42.5 Å². The van der Waals surface area contributed by atoms with Gasteiger partial charge in [-0.2, -0.15) is 0 Å². The quantitative estimate of drug-likeness (QED) is 0.375. The molecule has 0 saturated carbocycles. The molecule has 0 heterocycles. The highest BCUT2D eigenvalue weighted by molar-refractivity contribution is 6.31. The molecule has 2 aromatic carbocycles. The van der Waals surface area contributed by atoms with Gasteiger partial charge in [0.2, 0.25) is 0 Å². The Hall–Kier alpha value is -3.13. The van der Waals surface area contributed by atoms with Crippen molar-refractivity contribution in [1.29, 1.82) is 0 Å². The summed E-state index contributed by atoms with van der Waals surface area (Å²) in [5.41, 5.74) is 0.834. The maximum Gasteiger partial charge on any atom is 0.341 e. The van der Waals surface area contributed by atoms with Gasteiger partial charge in [0, 0.05) is 35.9 Å². The molecule has 1 amide bonds. The molecular weight excluding hydrogens is 386 g/mol. The largest absolute Gasteiger partial charge is 0.452 e. The molecule has 2 N–H and O–H groups in total. The van der Waals surface area contributed by atoms with Crippen molar-refractivity contribution in [3.63, 3.8) is 0 Å². The number of nitro groups is 1. The molecule has 0 unspecified atom stereocenters. The van der Waals surface area contributed by atoms with Crippen LogP contribution in [-0.2, 0) is 16.1 Å². The van der Waals surface area contributed by atoms with Crippen molar-refractivity contribution >= 4 is 34.9 Å². The number of halogens is 1. The SMILES string of the molecule is CCCNC(=O)COC(=O)c1cc([N+](=O)[O-])ccc1NCc1ccccc1Cl. The van der Waals surface area contributed by atoms with Crippen LogP contribution in [0, 0.1) is 10.1 Å². The molecule has 148 valence electrons. The first kappa shape index (κ1) is 21.2. The predicted molar refractivity (Wildman–Crippen MR) is 105 cm³/mol. The number of nitrogens with one attached hydrogen (secondary N) is 2. The Morgan fingerprint density at radius 3 is 2.64 bits per heavy atom. The van der Waals surface area contributed by atoms with Crippen molar-refractivity contribution in [2.45, 2.75) is 19.9 Å². The van der Waals surface area contributed by atoms with E-state index in [2.05, 4.69) is 10.6 Å². The number of nitro benzene ring substituents is 1. The Morgan fingerprint density at radius 2 is 1.96 bits per heavy atom. The molecule has 0 bridgehead atoms. The number of amides is 1. The molecule has 9 heteroatoms. The second kappa shape index (κ2) is 10.3. The van der Waals surface area contributed by atoms with Gasteiger partial charge in [-0.3, -0.25) is 14.9 Å². The fraction of sp³-hybridized carbons (Fsp3) is 0.263. The minimum atomic E-state index is -0.836. The first-order valence-corrected chi connectivity index (χ1v) is 8.99. The van der Waals surface area contributed by atoms with Gasteiger partial charge in [-0.25, -0.2) is 4.79 Å². The fourth-order valence-corrected chi connectivity index (χ4v) is 2.53. The van der Waals surface area contributed by atoms with E-state index in [1.807, 2.05) is 19.1 Å². The Morgan fingerprint density at radius 1 is 1.21 bits per heavy atom. The number of carbonyl (C=O) groups is 2. The number of benzene rings is 2. The van der Waals surface area contributed by atoms with Gasteiger partial charge in [-0.05, 0) is 24.1 Å². The van der Waals surface area contributed by atoms with E-state index < -0.39 is 23.4 Å². The third kappa shape index (κ3) is 5.95. The molecule has 0 aliphatic carbocycles. The highest BCUT2D eigenvalue weighted by Gasteiger charge is 2.19. The zero-order chi connectivity index (χ0) is 20.5. The van der Waals surface area contributed by atoms with Crippen LogP contribution in [0.25, 0.3) is 0 Å². The lowest BCUT2D eigenvalue weighted by Gasteiger charge is -2.12. The summed E-state index contributed by atoms with van der Waals surface area (Å²) in [5, 5.41) is 17.2. The Kier molecular flexibility index (Phi) is 7.76. The van der Waals surface area contributed by atoms with Crippen LogP contribution >= 0.6 is 11.6 Å². The summed E-state index contributed by atoms with van der Waals surface area (Å²) in [6, 6.07) is 11.0. The number of non-ortho nitro benzene ring substituents is 1. The third-order valence-electron chi connectivity index (χ3n) is 3.77. The molecule has 8 nitrogen and oxygen atoms in total. The number of hydrogen-bond acceptors (Lipinski definition) is 6. The minimum absolute atomic E-state index is 0.0375. The zero-order valence-corrected chi connectivity index (χ0v) is 16.0. The zero-order valence-electron chi connectivity index (χ0n) is 15.2. The van der Waals surface area contributed by atoms with Crippen LogP contribution in [0.4, 0.5) is 11.4 Å². The van der Waals surface area contributed by atoms with Gasteiger partial charge in [0.15, 0.2) is 6.61 Å². The molecule has 0 atom stereocenters. The van der Waals surface area contributed by atoms with E-state index >= 15 is 0 Å². The maximum atomic E-state index is 12.4. The van der Waals surface area contributed by atoms with E-state index in [0.29, 0.717) is 23.8 Å². The molecule has 0 aliphatic rings. The second-order valence-electron chi connectivity index (χ2n) is 5.86. The highest BCUT2D eigenvalue weighted by atomic mass is 35.5. The molecular formula is C19H20ClN3O5. The second-order valence-corrected chi connectivity index (χ2v) is 6.27. The van der Waals surface area contributed by atoms with Gasteiger partial charge in [-0.1, -0.05) is 36.7 Å². The standard InChI is InChI=1S/C19H20ClN3O5/c1-2-9-21-18(24)12-28-19(25)15-10-14(23(26)27)7-8-17(15)22-11-13-5-3-4-6-16(13)20/h3-8,10,22H,2,9,11-12H2,1H3,(H,21,24). The van der Waals surface area contributed by atoms with Gasteiger partial charge in [0.05, 0.1) is 10.5 Å². The van der Waals surface area contributed by atoms with Gasteiger partial charge < -0.3 is 15.4 Å². The van der Waals surface area contributed by atoms with E-state index in [1.165, 1.54) is 12.1 Å². The number of nitrogens with zero attached hydrogens (tertiary/aromatic N) is 1. The first-order valence-electron chi connectivity index (χ1n) is 8.62. The van der Waals surface area contributed by atoms with Crippen molar-refractivity contribution in [2.24, 2.45) is 0 Å². The van der Waals surface area contributed by atoms with Crippen molar-refractivity contribution in [1.82, 2.24) is 5.32 Å². The van der Waals surface area contributed by atoms with Gasteiger partial charge in [0.25, 0.3) is 11.6 Å². The Labute approximate surface area is 167 Å². The summed E-state index contributed by atoms with van der Waals surface area (Å²) >= 11 is 6.12. The normalized spacial score (nSPS) is 10.2. The molecule has 0 fully saturated rings. The van der Waals surface area contributed by atoms with E-state index in [4.69, 9.17) is 16.3 Å². The van der Waals surface area contributed by atoms with Crippen molar-refractivity contribution in [2.75, 3.05) is 18.5 Å². The first-order chi connectivity index (χ1) is 13.4. The van der Waals surface area contributed by atoms with Gasteiger partial charge in [-0.15, -0.1) is 0 Å². The average molecular weight is 406 g/mol. The lowest BCUT2D eigenvalue weighted by molar-refractivity contribution is -0.384. The minimum Gasteiger partial charge on any atom is -0.452 e. The molecule has 2 rings (SSSR count).